The molecule has 21 heavy (non-hydrogen) atoms. The zero-order valence-corrected chi connectivity index (χ0v) is 12.3. The minimum Gasteiger partial charge on any atom is -0.467 e. The highest BCUT2D eigenvalue weighted by atomic mass is 32.2. The van der Waals surface area contributed by atoms with Crippen molar-refractivity contribution in [1.82, 2.24) is 5.32 Å². The third-order valence-electron chi connectivity index (χ3n) is 2.87. The van der Waals surface area contributed by atoms with Crippen molar-refractivity contribution in [2.45, 2.75) is 15.8 Å². The van der Waals surface area contributed by atoms with Gasteiger partial charge in [0.15, 0.2) is 6.04 Å². The predicted octanol–water partition coefficient (Wildman–Crippen LogP) is 2.80. The van der Waals surface area contributed by atoms with Gasteiger partial charge in [-0.2, -0.15) is 0 Å². The van der Waals surface area contributed by atoms with Crippen LogP contribution >= 0.6 is 11.8 Å². The zero-order valence-electron chi connectivity index (χ0n) is 11.5. The van der Waals surface area contributed by atoms with E-state index in [1.54, 1.807) is 0 Å². The molecule has 0 saturated heterocycles. The van der Waals surface area contributed by atoms with Crippen LogP contribution in [0.3, 0.4) is 0 Å². The molecular formula is C16H15NO3S. The molecular weight excluding hydrogens is 286 g/mol. The molecule has 0 fully saturated rings. The van der Waals surface area contributed by atoms with E-state index < -0.39 is 12.0 Å². The van der Waals surface area contributed by atoms with E-state index in [9.17, 15) is 9.59 Å². The Morgan fingerprint density at radius 1 is 1.14 bits per heavy atom. The quantitative estimate of drug-likeness (QED) is 0.658. The Morgan fingerprint density at radius 2 is 1.81 bits per heavy atom. The molecule has 0 heterocycles. The number of esters is 1. The lowest BCUT2D eigenvalue weighted by molar-refractivity contribution is -0.144. The summed E-state index contributed by atoms with van der Waals surface area (Å²) in [5, 5.41) is 2.51. The summed E-state index contributed by atoms with van der Waals surface area (Å²) < 4.78 is 4.75. The molecule has 108 valence electrons. The molecule has 1 atom stereocenters. The molecule has 0 bridgehead atoms. The first-order valence-electron chi connectivity index (χ1n) is 6.35. The molecule has 0 spiro atoms. The first-order chi connectivity index (χ1) is 10.3. The maximum absolute atomic E-state index is 11.9. The molecule has 2 rings (SSSR count). The molecule has 4 nitrogen and oxygen atoms in total. The fourth-order valence-electron chi connectivity index (χ4n) is 1.90. The van der Waals surface area contributed by atoms with Crippen molar-refractivity contribution in [3.8, 4) is 0 Å². The number of hydrogen-bond donors (Lipinski definition) is 1. The Kier molecular flexibility index (Phi) is 5.40. The van der Waals surface area contributed by atoms with Gasteiger partial charge in [0.2, 0.25) is 6.41 Å². The summed E-state index contributed by atoms with van der Waals surface area (Å²) in [6.07, 6.45) is 0.506. The molecule has 1 N–H and O–H groups in total. The Hall–Kier alpha value is -2.27. The number of amides is 1. The van der Waals surface area contributed by atoms with Crippen LogP contribution in [0.4, 0.5) is 0 Å². The standard InChI is InChI=1S/C16H15NO3S/c1-20-16(19)15(17-11-18)13-9-5-6-10-14(13)21-12-7-3-2-4-8-12/h2-11,15H,1H3,(H,17,18). The van der Waals surface area contributed by atoms with Crippen LogP contribution in [0.1, 0.15) is 11.6 Å². The summed E-state index contributed by atoms with van der Waals surface area (Å²) in [4.78, 5) is 24.6. The van der Waals surface area contributed by atoms with Crippen molar-refractivity contribution in [1.29, 1.82) is 0 Å². The molecule has 2 aromatic carbocycles. The Morgan fingerprint density at radius 3 is 2.48 bits per heavy atom. The normalized spacial score (nSPS) is 11.5. The fourth-order valence-corrected chi connectivity index (χ4v) is 2.90. The lowest BCUT2D eigenvalue weighted by atomic mass is 10.1. The van der Waals surface area contributed by atoms with Gasteiger partial charge in [0, 0.05) is 9.79 Å². The number of carbonyl (C=O) groups is 2. The summed E-state index contributed by atoms with van der Waals surface area (Å²) in [5.74, 6) is -0.497. The van der Waals surface area contributed by atoms with Crippen molar-refractivity contribution in [3.05, 3.63) is 60.2 Å². The smallest absolute Gasteiger partial charge is 0.333 e. The average molecular weight is 301 g/mol. The number of benzene rings is 2. The average Bonchev–Trinajstić information content (AvgIpc) is 2.54. The predicted molar refractivity (Wildman–Crippen MR) is 81.0 cm³/mol. The van der Waals surface area contributed by atoms with E-state index in [-0.39, 0.29) is 0 Å². The summed E-state index contributed by atoms with van der Waals surface area (Å²) in [5.41, 5.74) is 0.713. The van der Waals surface area contributed by atoms with Crippen LogP contribution in [0.15, 0.2) is 64.4 Å². The largest absolute Gasteiger partial charge is 0.467 e. The minimum atomic E-state index is -0.806. The van der Waals surface area contributed by atoms with Gasteiger partial charge in [-0.1, -0.05) is 48.2 Å². The number of hydrogen-bond acceptors (Lipinski definition) is 4. The van der Waals surface area contributed by atoms with Crippen molar-refractivity contribution in [2.75, 3.05) is 7.11 Å². The molecule has 0 aliphatic heterocycles. The van der Waals surface area contributed by atoms with Crippen LogP contribution in [-0.2, 0) is 14.3 Å². The summed E-state index contributed by atoms with van der Waals surface area (Å²) in [6, 6.07) is 16.5. The van der Waals surface area contributed by atoms with Gasteiger partial charge in [-0.25, -0.2) is 4.79 Å². The second-order valence-corrected chi connectivity index (χ2v) is 5.31. The van der Waals surface area contributed by atoms with E-state index in [2.05, 4.69) is 5.32 Å². The molecule has 0 aliphatic carbocycles. The Bertz CT molecular complexity index is 616. The van der Waals surface area contributed by atoms with E-state index in [1.807, 2.05) is 54.6 Å². The zero-order chi connectivity index (χ0) is 15.1. The topological polar surface area (TPSA) is 55.4 Å². The molecule has 0 saturated carbocycles. The first-order valence-corrected chi connectivity index (χ1v) is 7.17. The van der Waals surface area contributed by atoms with E-state index in [1.165, 1.54) is 18.9 Å². The van der Waals surface area contributed by atoms with Gasteiger partial charge in [0.1, 0.15) is 0 Å². The third kappa shape index (κ3) is 3.86. The van der Waals surface area contributed by atoms with Gasteiger partial charge >= 0.3 is 5.97 Å². The third-order valence-corrected chi connectivity index (χ3v) is 3.97. The molecule has 5 heteroatoms. The van der Waals surface area contributed by atoms with Crippen molar-refractivity contribution in [2.24, 2.45) is 0 Å². The second-order valence-electron chi connectivity index (χ2n) is 4.19. The van der Waals surface area contributed by atoms with Crippen LogP contribution in [0.5, 0.6) is 0 Å². The maximum atomic E-state index is 11.9. The second kappa shape index (κ2) is 7.50. The number of ether oxygens (including phenoxy) is 1. The SMILES string of the molecule is COC(=O)C(NC=O)c1ccccc1Sc1ccccc1. The lowest BCUT2D eigenvalue weighted by Crippen LogP contribution is -2.29. The van der Waals surface area contributed by atoms with Gasteiger partial charge in [0.25, 0.3) is 0 Å². The van der Waals surface area contributed by atoms with Crippen LogP contribution in [0.25, 0.3) is 0 Å². The monoisotopic (exact) mass is 301 g/mol. The number of carbonyl (C=O) groups excluding carboxylic acids is 2. The highest BCUT2D eigenvalue weighted by Gasteiger charge is 2.23. The number of nitrogens with one attached hydrogen (secondary N) is 1. The fraction of sp³-hybridized carbons (Fsp3) is 0.125. The van der Waals surface area contributed by atoms with E-state index in [0.717, 1.165) is 9.79 Å². The molecule has 1 amide bonds. The van der Waals surface area contributed by atoms with Crippen LogP contribution < -0.4 is 5.32 Å². The van der Waals surface area contributed by atoms with Gasteiger partial charge in [-0.15, -0.1) is 0 Å². The molecule has 0 radical (unpaired) electrons. The van der Waals surface area contributed by atoms with Gasteiger partial charge < -0.3 is 10.1 Å². The highest BCUT2D eigenvalue weighted by molar-refractivity contribution is 7.99. The summed E-state index contributed by atoms with van der Waals surface area (Å²) >= 11 is 1.53. The molecule has 1 unspecified atom stereocenters. The Labute approximate surface area is 127 Å². The maximum Gasteiger partial charge on any atom is 0.333 e. The molecule has 0 aromatic heterocycles. The highest BCUT2D eigenvalue weighted by Crippen LogP contribution is 2.33. The van der Waals surface area contributed by atoms with E-state index in [0.29, 0.717) is 12.0 Å². The molecule has 0 aliphatic rings. The van der Waals surface area contributed by atoms with Crippen molar-refractivity contribution in [3.63, 3.8) is 0 Å². The number of methoxy groups -OCH3 is 1. The van der Waals surface area contributed by atoms with Crippen LogP contribution in [-0.4, -0.2) is 19.5 Å². The van der Waals surface area contributed by atoms with Crippen molar-refractivity contribution >= 4 is 24.1 Å². The summed E-state index contributed by atoms with van der Waals surface area (Å²) in [7, 11) is 1.30. The van der Waals surface area contributed by atoms with Crippen LogP contribution in [0.2, 0.25) is 0 Å². The van der Waals surface area contributed by atoms with Gasteiger partial charge in [0.05, 0.1) is 7.11 Å². The van der Waals surface area contributed by atoms with Crippen LogP contribution in [0, 0.1) is 0 Å². The molecule has 2 aromatic rings. The minimum absolute atomic E-state index is 0.497. The number of rotatable bonds is 6. The van der Waals surface area contributed by atoms with Crippen molar-refractivity contribution < 1.29 is 14.3 Å². The van der Waals surface area contributed by atoms with E-state index in [4.69, 9.17) is 4.74 Å². The van der Waals surface area contributed by atoms with Gasteiger partial charge in [-0.05, 0) is 23.8 Å². The summed E-state index contributed by atoms with van der Waals surface area (Å²) in [6.45, 7) is 0. The lowest BCUT2D eigenvalue weighted by Gasteiger charge is -2.17. The van der Waals surface area contributed by atoms with E-state index >= 15 is 0 Å². The Balaban J connectivity index is 2.34. The first kappa shape index (κ1) is 15.1. The van der Waals surface area contributed by atoms with Gasteiger partial charge in [-0.3, -0.25) is 4.79 Å².